The Kier molecular flexibility index (Phi) is 9.29. The third-order valence-electron chi connectivity index (χ3n) is 5.43. The molecule has 9 nitrogen and oxygen atoms in total. The minimum atomic E-state index is -0.560. The Labute approximate surface area is 233 Å². The Morgan fingerprint density at radius 2 is 1.67 bits per heavy atom. The Balaban J connectivity index is 1.38. The Morgan fingerprint density at radius 3 is 2.41 bits per heavy atom. The van der Waals surface area contributed by atoms with E-state index in [-0.39, 0.29) is 17.4 Å². The summed E-state index contributed by atoms with van der Waals surface area (Å²) >= 11 is 2.29. The minimum Gasteiger partial charge on any atom is -0.493 e. The lowest BCUT2D eigenvalue weighted by Crippen LogP contribution is -2.36. The van der Waals surface area contributed by atoms with Crippen LogP contribution < -0.4 is 20.1 Å². The average molecular weight is 564 g/mol. The minimum absolute atomic E-state index is 0.176. The number of hydrogen-bond acceptors (Lipinski definition) is 8. The number of nitrogens with zero attached hydrogens (tertiary/aromatic N) is 1. The maximum absolute atomic E-state index is 12.9. The van der Waals surface area contributed by atoms with E-state index in [1.165, 1.54) is 18.9 Å². The zero-order valence-electron chi connectivity index (χ0n) is 21.1. The van der Waals surface area contributed by atoms with E-state index in [0.29, 0.717) is 28.4 Å². The number of imide groups is 1. The molecule has 1 heterocycles. The van der Waals surface area contributed by atoms with Gasteiger partial charge in [-0.15, -0.1) is 11.8 Å². The van der Waals surface area contributed by atoms with Crippen LogP contribution in [0, 0.1) is 0 Å². The number of anilines is 2. The van der Waals surface area contributed by atoms with E-state index < -0.39 is 23.6 Å². The molecule has 11 heteroatoms. The second kappa shape index (κ2) is 13.0. The van der Waals surface area contributed by atoms with Crippen molar-refractivity contribution in [3.63, 3.8) is 0 Å². The van der Waals surface area contributed by atoms with Gasteiger partial charge in [-0.1, -0.05) is 30.3 Å². The normalized spacial score (nSPS) is 13.9. The van der Waals surface area contributed by atoms with Crippen molar-refractivity contribution >= 4 is 63.9 Å². The van der Waals surface area contributed by atoms with Gasteiger partial charge in [-0.2, -0.15) is 0 Å². The van der Waals surface area contributed by atoms with Crippen molar-refractivity contribution in [2.75, 3.05) is 37.2 Å². The van der Waals surface area contributed by atoms with Gasteiger partial charge >= 0.3 is 0 Å². The van der Waals surface area contributed by atoms with E-state index in [2.05, 4.69) is 10.6 Å². The molecule has 1 saturated heterocycles. The molecule has 0 bridgehead atoms. The maximum Gasteiger partial charge on any atom is 0.294 e. The third kappa shape index (κ3) is 7.43. The number of rotatable bonds is 10. The molecule has 1 fully saturated rings. The van der Waals surface area contributed by atoms with Crippen LogP contribution in [0.25, 0.3) is 6.08 Å². The highest BCUT2D eigenvalue weighted by molar-refractivity contribution is 8.18. The second-order valence-corrected chi connectivity index (χ2v) is 10.0. The maximum atomic E-state index is 12.9. The summed E-state index contributed by atoms with van der Waals surface area (Å²) in [6, 6.07) is 21.2. The van der Waals surface area contributed by atoms with Crippen molar-refractivity contribution in [3.8, 4) is 11.5 Å². The molecule has 2 N–H and O–H groups in total. The summed E-state index contributed by atoms with van der Waals surface area (Å²) in [4.78, 5) is 52.1. The van der Waals surface area contributed by atoms with Crippen molar-refractivity contribution in [1.29, 1.82) is 0 Å². The molecular formula is C28H25N3O6S2. The van der Waals surface area contributed by atoms with E-state index in [0.717, 1.165) is 21.6 Å². The van der Waals surface area contributed by atoms with Crippen LogP contribution in [0.5, 0.6) is 11.5 Å². The van der Waals surface area contributed by atoms with Gasteiger partial charge in [-0.05, 0) is 72.1 Å². The van der Waals surface area contributed by atoms with Crippen molar-refractivity contribution < 1.29 is 28.7 Å². The highest BCUT2D eigenvalue weighted by atomic mass is 32.2. The van der Waals surface area contributed by atoms with Gasteiger partial charge in [0, 0.05) is 16.3 Å². The highest BCUT2D eigenvalue weighted by Crippen LogP contribution is 2.34. The van der Waals surface area contributed by atoms with Crippen LogP contribution in [0.1, 0.15) is 5.56 Å². The van der Waals surface area contributed by atoms with Crippen LogP contribution in [-0.2, 0) is 14.4 Å². The number of methoxy groups -OCH3 is 1. The largest absolute Gasteiger partial charge is 0.493 e. The molecule has 0 aliphatic carbocycles. The van der Waals surface area contributed by atoms with Gasteiger partial charge in [0.25, 0.3) is 17.1 Å². The van der Waals surface area contributed by atoms with Crippen LogP contribution in [-0.4, -0.2) is 54.4 Å². The lowest BCUT2D eigenvalue weighted by Gasteiger charge is -2.13. The highest BCUT2D eigenvalue weighted by Gasteiger charge is 2.36. The SMILES string of the molecule is COc1cc(/C=C2\SC(=O)N(CC(=O)Nc3cccc(SC)c3)C2=O)ccc1OCC(=O)Nc1ccccc1. The third-order valence-corrected chi connectivity index (χ3v) is 7.06. The number of carbonyl (C=O) groups is 4. The first kappa shape index (κ1) is 27.8. The lowest BCUT2D eigenvalue weighted by atomic mass is 10.2. The Morgan fingerprint density at radius 1 is 0.923 bits per heavy atom. The van der Waals surface area contributed by atoms with E-state index >= 15 is 0 Å². The molecule has 0 unspecified atom stereocenters. The molecule has 0 aromatic heterocycles. The summed E-state index contributed by atoms with van der Waals surface area (Å²) in [7, 11) is 1.46. The number of carbonyl (C=O) groups excluding carboxylic acids is 4. The van der Waals surface area contributed by atoms with Crippen molar-refractivity contribution in [3.05, 3.63) is 83.3 Å². The zero-order chi connectivity index (χ0) is 27.8. The fraction of sp³-hybridized carbons (Fsp3) is 0.143. The molecule has 0 saturated carbocycles. The summed E-state index contributed by atoms with van der Waals surface area (Å²) in [5, 5.41) is 4.92. The van der Waals surface area contributed by atoms with Crippen LogP contribution in [0.4, 0.5) is 16.2 Å². The van der Waals surface area contributed by atoms with Gasteiger partial charge in [0.15, 0.2) is 18.1 Å². The van der Waals surface area contributed by atoms with Crippen molar-refractivity contribution in [2.45, 2.75) is 4.90 Å². The summed E-state index contributed by atoms with van der Waals surface area (Å²) in [6.45, 7) is -0.625. The van der Waals surface area contributed by atoms with Crippen LogP contribution >= 0.6 is 23.5 Å². The summed E-state index contributed by atoms with van der Waals surface area (Å²) in [5.41, 5.74) is 1.82. The molecule has 0 radical (unpaired) electrons. The molecule has 1 aliphatic rings. The van der Waals surface area contributed by atoms with Gasteiger partial charge in [0.05, 0.1) is 12.0 Å². The van der Waals surface area contributed by atoms with Gasteiger partial charge in [0.1, 0.15) is 6.54 Å². The van der Waals surface area contributed by atoms with Crippen molar-refractivity contribution in [1.82, 2.24) is 4.90 Å². The van der Waals surface area contributed by atoms with Gasteiger partial charge < -0.3 is 20.1 Å². The smallest absolute Gasteiger partial charge is 0.294 e. The van der Waals surface area contributed by atoms with Gasteiger partial charge in [-0.25, -0.2) is 0 Å². The van der Waals surface area contributed by atoms with E-state index in [9.17, 15) is 19.2 Å². The van der Waals surface area contributed by atoms with Crippen LogP contribution in [0.3, 0.4) is 0 Å². The number of benzene rings is 3. The average Bonchev–Trinajstić information content (AvgIpc) is 3.19. The molecule has 3 aromatic carbocycles. The molecule has 1 aliphatic heterocycles. The molecular weight excluding hydrogens is 538 g/mol. The summed E-state index contributed by atoms with van der Waals surface area (Å²) in [6.07, 6.45) is 3.47. The van der Waals surface area contributed by atoms with E-state index in [1.54, 1.807) is 42.5 Å². The van der Waals surface area contributed by atoms with E-state index in [1.807, 2.05) is 42.7 Å². The van der Waals surface area contributed by atoms with Gasteiger partial charge in [0.2, 0.25) is 5.91 Å². The topological polar surface area (TPSA) is 114 Å². The zero-order valence-corrected chi connectivity index (χ0v) is 22.8. The molecule has 200 valence electrons. The monoisotopic (exact) mass is 563 g/mol. The van der Waals surface area contributed by atoms with Crippen molar-refractivity contribution in [2.24, 2.45) is 0 Å². The lowest BCUT2D eigenvalue weighted by molar-refractivity contribution is -0.127. The number of amides is 4. The molecule has 3 aromatic rings. The van der Waals surface area contributed by atoms with Crippen LogP contribution in [0.15, 0.2) is 82.6 Å². The Bertz CT molecular complexity index is 1430. The second-order valence-electron chi connectivity index (χ2n) is 8.16. The summed E-state index contributed by atoms with van der Waals surface area (Å²) in [5.74, 6) is -0.677. The fourth-order valence-corrected chi connectivity index (χ4v) is 4.89. The predicted octanol–water partition coefficient (Wildman–Crippen LogP) is 5.11. The number of para-hydroxylation sites is 1. The number of hydrogen-bond donors (Lipinski definition) is 2. The van der Waals surface area contributed by atoms with Crippen LogP contribution in [0.2, 0.25) is 0 Å². The first-order valence-electron chi connectivity index (χ1n) is 11.7. The molecule has 0 spiro atoms. The molecule has 0 atom stereocenters. The quantitative estimate of drug-likeness (QED) is 0.258. The molecule has 39 heavy (non-hydrogen) atoms. The Hall–Kier alpha value is -4.22. The van der Waals surface area contributed by atoms with E-state index in [4.69, 9.17) is 9.47 Å². The molecule has 4 rings (SSSR count). The molecule has 4 amide bonds. The first-order chi connectivity index (χ1) is 18.9. The number of thioether (sulfide) groups is 2. The van der Waals surface area contributed by atoms with Gasteiger partial charge in [-0.3, -0.25) is 24.1 Å². The fourth-order valence-electron chi connectivity index (χ4n) is 3.59. The number of ether oxygens (including phenoxy) is 2. The first-order valence-corrected chi connectivity index (χ1v) is 13.8. The predicted molar refractivity (Wildman–Crippen MR) is 153 cm³/mol. The standard InChI is InChI=1S/C28H25N3O6S2/c1-36-23-13-18(11-12-22(23)37-17-26(33)29-19-7-4-3-5-8-19)14-24-27(34)31(28(35)39-24)16-25(32)30-20-9-6-10-21(15-20)38-2/h3-15H,16-17H2,1-2H3,(H,29,33)(H,30,32)/b24-14-. The number of nitrogens with one attached hydrogen (secondary N) is 2. The summed E-state index contributed by atoms with van der Waals surface area (Å²) < 4.78 is 11.0.